The number of aliphatic hydroxyl groups excluding tert-OH is 2. The van der Waals surface area contributed by atoms with Gasteiger partial charge in [0.1, 0.15) is 11.5 Å². The van der Waals surface area contributed by atoms with Crippen LogP contribution in [0.2, 0.25) is 0 Å². The molecule has 2 rings (SSSR count). The van der Waals surface area contributed by atoms with Crippen molar-refractivity contribution in [2.45, 2.75) is 11.7 Å². The largest absolute Gasteiger partial charge is 0.509 e. The summed E-state index contributed by atoms with van der Waals surface area (Å²) in [4.78, 5) is 12.6. The summed E-state index contributed by atoms with van der Waals surface area (Å²) in [6.45, 7) is 0. The summed E-state index contributed by atoms with van der Waals surface area (Å²) >= 11 is 0. The highest BCUT2D eigenvalue weighted by Crippen LogP contribution is 2.30. The maximum absolute atomic E-state index is 12.6. The van der Waals surface area contributed by atoms with Crippen molar-refractivity contribution < 1.29 is 24.5 Å². The molecule has 5 heteroatoms. The molecule has 0 aromatic heterocycles. The fourth-order valence-corrected chi connectivity index (χ4v) is 2.13. The number of ether oxygens (including phenoxy) is 2. The van der Waals surface area contributed by atoms with Crippen molar-refractivity contribution in [3.05, 3.63) is 53.8 Å². The number of carbonyl (C=O) groups excluding carboxylic acids is 1. The van der Waals surface area contributed by atoms with Gasteiger partial charge in [-0.2, -0.15) is 0 Å². The molecule has 0 spiro atoms. The second-order valence-electron chi connectivity index (χ2n) is 4.41. The molecule has 2 atom stereocenters. The lowest BCUT2D eigenvalue weighted by molar-refractivity contribution is -0.0473. The SMILES string of the molecule is COc1ccc(C(=O)C2(OC)C=CC=C(O)C2O)cc1. The Bertz CT molecular complexity index is 558. The van der Waals surface area contributed by atoms with Crippen LogP contribution in [-0.4, -0.2) is 41.9 Å². The number of allylic oxidation sites excluding steroid dienone is 2. The zero-order valence-corrected chi connectivity index (χ0v) is 11.2. The monoisotopic (exact) mass is 276 g/mol. The molecule has 0 aliphatic heterocycles. The predicted molar refractivity (Wildman–Crippen MR) is 72.9 cm³/mol. The van der Waals surface area contributed by atoms with Gasteiger partial charge in [0.15, 0.2) is 11.7 Å². The van der Waals surface area contributed by atoms with Crippen molar-refractivity contribution in [3.8, 4) is 5.75 Å². The van der Waals surface area contributed by atoms with Gasteiger partial charge in [-0.05, 0) is 36.4 Å². The average molecular weight is 276 g/mol. The molecule has 0 fully saturated rings. The van der Waals surface area contributed by atoms with E-state index in [4.69, 9.17) is 9.47 Å². The number of benzene rings is 1. The van der Waals surface area contributed by atoms with E-state index in [1.54, 1.807) is 24.3 Å². The third kappa shape index (κ3) is 2.21. The lowest BCUT2D eigenvalue weighted by Gasteiger charge is -2.34. The summed E-state index contributed by atoms with van der Waals surface area (Å²) in [5.41, 5.74) is -1.26. The van der Waals surface area contributed by atoms with Crippen LogP contribution in [0, 0.1) is 0 Å². The Kier molecular flexibility index (Phi) is 3.92. The van der Waals surface area contributed by atoms with Crippen LogP contribution in [0.25, 0.3) is 0 Å². The number of ketones is 1. The molecule has 1 aromatic carbocycles. The second kappa shape index (κ2) is 5.48. The molecule has 0 amide bonds. The minimum Gasteiger partial charge on any atom is -0.509 e. The van der Waals surface area contributed by atoms with Gasteiger partial charge in [0.2, 0.25) is 5.78 Å². The van der Waals surface area contributed by atoms with Gasteiger partial charge < -0.3 is 19.7 Å². The quantitative estimate of drug-likeness (QED) is 0.818. The van der Waals surface area contributed by atoms with Gasteiger partial charge in [-0.3, -0.25) is 4.79 Å². The van der Waals surface area contributed by atoms with E-state index >= 15 is 0 Å². The molecule has 0 radical (unpaired) electrons. The van der Waals surface area contributed by atoms with Crippen LogP contribution in [0.3, 0.4) is 0 Å². The summed E-state index contributed by atoms with van der Waals surface area (Å²) in [5, 5.41) is 19.7. The van der Waals surface area contributed by atoms with Gasteiger partial charge in [0, 0.05) is 12.7 Å². The Morgan fingerprint density at radius 3 is 2.45 bits per heavy atom. The molecular weight excluding hydrogens is 260 g/mol. The lowest BCUT2D eigenvalue weighted by atomic mass is 9.83. The Hall–Kier alpha value is -2.11. The van der Waals surface area contributed by atoms with Crippen molar-refractivity contribution in [2.24, 2.45) is 0 Å². The van der Waals surface area contributed by atoms with Crippen LogP contribution in [0.1, 0.15) is 10.4 Å². The molecule has 0 heterocycles. The number of aliphatic hydroxyl groups is 2. The number of carbonyl (C=O) groups is 1. The number of methoxy groups -OCH3 is 2. The summed E-state index contributed by atoms with van der Waals surface area (Å²) < 4.78 is 10.2. The summed E-state index contributed by atoms with van der Waals surface area (Å²) in [5.74, 6) is -0.127. The Labute approximate surface area is 116 Å². The molecular formula is C15H16O5. The normalized spacial score (nSPS) is 25.1. The number of Topliss-reactive ketones (excluding diaryl/α,β-unsaturated/α-hetero) is 1. The first-order valence-electron chi connectivity index (χ1n) is 6.05. The zero-order valence-electron chi connectivity index (χ0n) is 11.2. The van der Waals surface area contributed by atoms with Gasteiger partial charge >= 0.3 is 0 Å². The van der Waals surface area contributed by atoms with Crippen molar-refractivity contribution >= 4 is 5.78 Å². The first kappa shape index (κ1) is 14.3. The highest BCUT2D eigenvalue weighted by atomic mass is 16.5. The Morgan fingerprint density at radius 2 is 1.90 bits per heavy atom. The highest BCUT2D eigenvalue weighted by Gasteiger charge is 2.46. The Morgan fingerprint density at radius 1 is 1.25 bits per heavy atom. The van der Waals surface area contributed by atoms with Gasteiger partial charge in [-0.15, -0.1) is 0 Å². The van der Waals surface area contributed by atoms with Crippen LogP contribution in [0.15, 0.2) is 48.3 Å². The van der Waals surface area contributed by atoms with Crippen LogP contribution in [0.4, 0.5) is 0 Å². The van der Waals surface area contributed by atoms with Gasteiger partial charge in [-0.25, -0.2) is 0 Å². The molecule has 2 N–H and O–H groups in total. The van der Waals surface area contributed by atoms with Gasteiger partial charge in [0.05, 0.1) is 7.11 Å². The topological polar surface area (TPSA) is 76.0 Å². The van der Waals surface area contributed by atoms with Gasteiger partial charge in [-0.1, -0.05) is 6.08 Å². The molecule has 20 heavy (non-hydrogen) atoms. The van der Waals surface area contributed by atoms with Crippen molar-refractivity contribution in [1.29, 1.82) is 0 Å². The fraction of sp³-hybridized carbons (Fsp3) is 0.267. The summed E-state index contributed by atoms with van der Waals surface area (Å²) in [6, 6.07) is 6.45. The predicted octanol–water partition coefficient (Wildman–Crippen LogP) is 1.64. The van der Waals surface area contributed by atoms with Crippen molar-refractivity contribution in [3.63, 3.8) is 0 Å². The van der Waals surface area contributed by atoms with Crippen LogP contribution >= 0.6 is 0 Å². The number of rotatable bonds is 4. The van der Waals surface area contributed by atoms with Crippen LogP contribution in [-0.2, 0) is 4.74 Å². The maximum atomic E-state index is 12.6. The summed E-state index contributed by atoms with van der Waals surface area (Å²) in [6.07, 6.45) is 2.80. The minimum atomic E-state index is -1.62. The van der Waals surface area contributed by atoms with E-state index in [-0.39, 0.29) is 5.76 Å². The van der Waals surface area contributed by atoms with Gasteiger partial charge in [0.25, 0.3) is 0 Å². The zero-order chi connectivity index (χ0) is 14.8. The standard InChI is InChI=1S/C15H16O5/c1-19-11-7-5-10(6-8-11)13(17)15(20-2)9-3-4-12(16)14(15)18/h3-9,14,16,18H,1-2H3. The molecule has 0 saturated carbocycles. The third-order valence-electron chi connectivity index (χ3n) is 3.34. The van der Waals surface area contributed by atoms with Crippen LogP contribution < -0.4 is 4.74 Å². The van der Waals surface area contributed by atoms with E-state index in [1.807, 2.05) is 0 Å². The lowest BCUT2D eigenvalue weighted by Crippen LogP contribution is -2.51. The summed E-state index contributed by atoms with van der Waals surface area (Å²) in [7, 11) is 2.84. The molecule has 1 aromatic rings. The molecule has 1 aliphatic carbocycles. The van der Waals surface area contributed by atoms with Crippen molar-refractivity contribution in [2.75, 3.05) is 14.2 Å². The average Bonchev–Trinajstić information content (AvgIpc) is 2.50. The molecule has 0 saturated heterocycles. The highest BCUT2D eigenvalue weighted by molar-refractivity contribution is 6.05. The minimum absolute atomic E-state index is 0.309. The van der Waals surface area contributed by atoms with E-state index in [1.165, 1.54) is 32.4 Å². The molecule has 5 nitrogen and oxygen atoms in total. The molecule has 0 bridgehead atoms. The first-order valence-corrected chi connectivity index (χ1v) is 6.05. The smallest absolute Gasteiger partial charge is 0.201 e. The third-order valence-corrected chi connectivity index (χ3v) is 3.34. The number of hydrogen-bond donors (Lipinski definition) is 2. The number of hydrogen-bond acceptors (Lipinski definition) is 5. The van der Waals surface area contributed by atoms with E-state index in [2.05, 4.69) is 0 Å². The van der Waals surface area contributed by atoms with E-state index < -0.39 is 17.5 Å². The van der Waals surface area contributed by atoms with E-state index in [0.717, 1.165) is 0 Å². The van der Waals surface area contributed by atoms with Crippen LogP contribution in [0.5, 0.6) is 5.75 Å². The first-order chi connectivity index (χ1) is 9.55. The molecule has 106 valence electrons. The Balaban J connectivity index is 2.38. The fourth-order valence-electron chi connectivity index (χ4n) is 2.13. The maximum Gasteiger partial charge on any atom is 0.201 e. The second-order valence-corrected chi connectivity index (χ2v) is 4.41. The van der Waals surface area contributed by atoms with Crippen molar-refractivity contribution in [1.82, 2.24) is 0 Å². The molecule has 1 aliphatic rings. The molecule has 2 unspecified atom stereocenters. The van der Waals surface area contributed by atoms with E-state index in [9.17, 15) is 15.0 Å². The van der Waals surface area contributed by atoms with E-state index in [0.29, 0.717) is 11.3 Å².